The number of aryl methyl sites for hydroxylation is 1. The molecule has 1 heterocycles. The normalized spacial score (nSPS) is 16.8. The highest BCUT2D eigenvalue weighted by Gasteiger charge is 2.32. The minimum atomic E-state index is -0.383. The Morgan fingerprint density at radius 3 is 3.00 bits per heavy atom. The van der Waals surface area contributed by atoms with Gasteiger partial charge in [0.05, 0.1) is 12.3 Å². The number of aromatic nitrogens is 1. The minimum Gasteiger partial charge on any atom is -0.361 e. The van der Waals surface area contributed by atoms with Crippen molar-refractivity contribution >= 4 is 5.91 Å². The lowest BCUT2D eigenvalue weighted by Gasteiger charge is -2.08. The van der Waals surface area contributed by atoms with Crippen LogP contribution in [0.1, 0.15) is 29.0 Å². The third-order valence-electron chi connectivity index (χ3n) is 2.51. The molecule has 1 saturated carbocycles. The molecular formula is C10H11N3O2. The maximum atomic E-state index is 11.7. The van der Waals surface area contributed by atoms with Gasteiger partial charge in [-0.2, -0.15) is 5.26 Å². The third kappa shape index (κ3) is 1.99. The molecule has 1 aliphatic rings. The Balaban J connectivity index is 2.03. The SMILES string of the molecule is Cc1oncc1C(=O)NC(C#N)C1CC1. The largest absolute Gasteiger partial charge is 0.361 e. The van der Waals surface area contributed by atoms with Gasteiger partial charge in [-0.15, -0.1) is 0 Å². The molecule has 1 unspecified atom stereocenters. The molecule has 1 aromatic rings. The monoisotopic (exact) mass is 205 g/mol. The second kappa shape index (κ2) is 3.73. The van der Waals surface area contributed by atoms with Gasteiger partial charge in [0.25, 0.3) is 5.91 Å². The van der Waals surface area contributed by atoms with Crippen molar-refractivity contribution in [1.82, 2.24) is 10.5 Å². The van der Waals surface area contributed by atoms with E-state index in [0.717, 1.165) is 12.8 Å². The van der Waals surface area contributed by atoms with E-state index in [-0.39, 0.29) is 11.9 Å². The van der Waals surface area contributed by atoms with E-state index in [1.807, 2.05) is 0 Å². The molecule has 1 aromatic heterocycles. The maximum absolute atomic E-state index is 11.7. The van der Waals surface area contributed by atoms with Gasteiger partial charge in [-0.25, -0.2) is 0 Å². The van der Waals surface area contributed by atoms with Crippen molar-refractivity contribution in [3.63, 3.8) is 0 Å². The number of carbonyl (C=O) groups is 1. The molecule has 15 heavy (non-hydrogen) atoms. The summed E-state index contributed by atoms with van der Waals surface area (Å²) in [5.74, 6) is 0.506. The molecule has 0 saturated heterocycles. The summed E-state index contributed by atoms with van der Waals surface area (Å²) in [6.45, 7) is 1.67. The highest BCUT2D eigenvalue weighted by molar-refractivity contribution is 5.95. The Hall–Kier alpha value is -1.83. The van der Waals surface area contributed by atoms with Gasteiger partial charge in [0, 0.05) is 0 Å². The average molecular weight is 205 g/mol. The molecule has 0 radical (unpaired) electrons. The van der Waals surface area contributed by atoms with Crippen molar-refractivity contribution in [2.75, 3.05) is 0 Å². The van der Waals surface area contributed by atoms with Gasteiger partial charge >= 0.3 is 0 Å². The topological polar surface area (TPSA) is 78.9 Å². The van der Waals surface area contributed by atoms with E-state index in [1.54, 1.807) is 6.92 Å². The predicted octanol–water partition coefficient (Wildman–Crippen LogP) is 1.01. The summed E-state index contributed by atoms with van der Waals surface area (Å²) in [6, 6.07) is 1.71. The summed E-state index contributed by atoms with van der Waals surface area (Å²) in [7, 11) is 0. The zero-order valence-electron chi connectivity index (χ0n) is 8.36. The van der Waals surface area contributed by atoms with Crippen LogP contribution in [0.25, 0.3) is 0 Å². The molecule has 0 aliphatic heterocycles. The lowest BCUT2D eigenvalue weighted by atomic mass is 10.2. The first-order valence-electron chi connectivity index (χ1n) is 4.84. The fourth-order valence-electron chi connectivity index (χ4n) is 1.42. The van der Waals surface area contributed by atoms with Crippen molar-refractivity contribution in [2.24, 2.45) is 5.92 Å². The van der Waals surface area contributed by atoms with Gasteiger partial charge in [0.1, 0.15) is 17.4 Å². The van der Waals surface area contributed by atoms with Crippen LogP contribution >= 0.6 is 0 Å². The average Bonchev–Trinajstić information content (AvgIpc) is 2.97. The van der Waals surface area contributed by atoms with Crippen LogP contribution in [0.4, 0.5) is 0 Å². The highest BCUT2D eigenvalue weighted by atomic mass is 16.5. The molecule has 1 atom stereocenters. The molecule has 0 aromatic carbocycles. The molecule has 1 fully saturated rings. The van der Waals surface area contributed by atoms with Crippen LogP contribution in [-0.4, -0.2) is 17.1 Å². The van der Waals surface area contributed by atoms with E-state index >= 15 is 0 Å². The number of nitrogens with zero attached hydrogens (tertiary/aromatic N) is 2. The fraction of sp³-hybridized carbons (Fsp3) is 0.500. The number of rotatable bonds is 3. The summed E-state index contributed by atoms with van der Waals surface area (Å²) < 4.78 is 4.78. The number of nitriles is 1. The molecule has 5 heteroatoms. The Kier molecular flexibility index (Phi) is 2.42. The van der Waals surface area contributed by atoms with Crippen molar-refractivity contribution in [2.45, 2.75) is 25.8 Å². The first kappa shape index (κ1) is 9.71. The van der Waals surface area contributed by atoms with Crippen molar-refractivity contribution < 1.29 is 9.32 Å². The maximum Gasteiger partial charge on any atom is 0.257 e. The molecule has 0 bridgehead atoms. The van der Waals surface area contributed by atoms with Crippen LogP contribution in [0.15, 0.2) is 10.7 Å². The molecule has 78 valence electrons. The highest BCUT2D eigenvalue weighted by Crippen LogP contribution is 2.32. The third-order valence-corrected chi connectivity index (χ3v) is 2.51. The Morgan fingerprint density at radius 1 is 1.80 bits per heavy atom. The van der Waals surface area contributed by atoms with Crippen LogP contribution in [0, 0.1) is 24.2 Å². The Labute approximate surface area is 87.0 Å². The lowest BCUT2D eigenvalue weighted by molar-refractivity contribution is 0.0940. The van der Waals surface area contributed by atoms with Gasteiger partial charge in [-0.05, 0) is 25.7 Å². The van der Waals surface area contributed by atoms with Crippen LogP contribution < -0.4 is 5.32 Å². The van der Waals surface area contributed by atoms with E-state index in [4.69, 9.17) is 9.78 Å². The van der Waals surface area contributed by atoms with Crippen LogP contribution in [0.5, 0.6) is 0 Å². The zero-order chi connectivity index (χ0) is 10.8. The van der Waals surface area contributed by atoms with Crippen LogP contribution in [0.3, 0.4) is 0 Å². The summed E-state index contributed by atoms with van der Waals surface area (Å²) in [5.41, 5.74) is 0.399. The van der Waals surface area contributed by atoms with Gasteiger partial charge in [-0.1, -0.05) is 5.16 Å². The van der Waals surface area contributed by atoms with Crippen LogP contribution in [-0.2, 0) is 0 Å². The smallest absolute Gasteiger partial charge is 0.257 e. The van der Waals surface area contributed by atoms with Crippen molar-refractivity contribution in [3.05, 3.63) is 17.5 Å². The van der Waals surface area contributed by atoms with Gasteiger partial charge in [0.2, 0.25) is 0 Å². The second-order valence-electron chi connectivity index (χ2n) is 3.71. The van der Waals surface area contributed by atoms with E-state index in [0.29, 0.717) is 17.2 Å². The van der Waals surface area contributed by atoms with Crippen molar-refractivity contribution in [3.8, 4) is 6.07 Å². The van der Waals surface area contributed by atoms with E-state index < -0.39 is 0 Å². The summed E-state index contributed by atoms with van der Waals surface area (Å²) in [5, 5.41) is 15.0. The Bertz CT molecular complexity index is 415. The number of carbonyl (C=O) groups excluding carboxylic acids is 1. The van der Waals surface area contributed by atoms with E-state index in [9.17, 15) is 4.79 Å². The molecule has 5 nitrogen and oxygen atoms in total. The van der Waals surface area contributed by atoms with Crippen molar-refractivity contribution in [1.29, 1.82) is 5.26 Å². The quantitative estimate of drug-likeness (QED) is 0.798. The lowest BCUT2D eigenvalue weighted by Crippen LogP contribution is -2.35. The first-order chi connectivity index (χ1) is 7.22. The van der Waals surface area contributed by atoms with Gasteiger partial charge < -0.3 is 9.84 Å². The zero-order valence-corrected chi connectivity index (χ0v) is 8.36. The Morgan fingerprint density at radius 2 is 2.53 bits per heavy atom. The van der Waals surface area contributed by atoms with E-state index in [1.165, 1.54) is 6.20 Å². The number of amides is 1. The molecular weight excluding hydrogens is 194 g/mol. The standard InChI is InChI=1S/C10H11N3O2/c1-6-8(5-12-15-6)10(14)13-9(4-11)7-2-3-7/h5,7,9H,2-3H2,1H3,(H,13,14). The summed E-state index contributed by atoms with van der Waals surface area (Å²) in [4.78, 5) is 11.7. The summed E-state index contributed by atoms with van der Waals surface area (Å²) >= 11 is 0. The van der Waals surface area contributed by atoms with Gasteiger partial charge in [0.15, 0.2) is 0 Å². The molecule has 1 N–H and O–H groups in total. The molecule has 1 aliphatic carbocycles. The fourth-order valence-corrected chi connectivity index (χ4v) is 1.42. The summed E-state index contributed by atoms with van der Waals surface area (Å²) in [6.07, 6.45) is 3.40. The number of hydrogen-bond acceptors (Lipinski definition) is 4. The molecule has 0 spiro atoms. The van der Waals surface area contributed by atoms with Gasteiger partial charge in [-0.3, -0.25) is 4.79 Å². The molecule has 1 amide bonds. The van der Waals surface area contributed by atoms with E-state index in [2.05, 4.69) is 16.5 Å². The number of nitrogens with one attached hydrogen (secondary N) is 1. The van der Waals surface area contributed by atoms with Crippen LogP contribution in [0.2, 0.25) is 0 Å². The number of hydrogen-bond donors (Lipinski definition) is 1. The first-order valence-corrected chi connectivity index (χ1v) is 4.84. The minimum absolute atomic E-state index is 0.285. The second-order valence-corrected chi connectivity index (χ2v) is 3.71. The predicted molar refractivity (Wildman–Crippen MR) is 50.8 cm³/mol. The molecule has 2 rings (SSSR count).